The number of aliphatic hydroxyl groups excluding tert-OH is 1. The lowest BCUT2D eigenvalue weighted by molar-refractivity contribution is -0.159. The molecule has 1 amide bonds. The molecular weight excluding hydrogens is 366 g/mol. The van der Waals surface area contributed by atoms with Gasteiger partial charge in [-0.25, -0.2) is 4.79 Å². The lowest BCUT2D eigenvalue weighted by Gasteiger charge is -2.26. The number of amides is 1. The second-order valence-corrected chi connectivity index (χ2v) is 9.08. The van der Waals surface area contributed by atoms with Gasteiger partial charge in [0.25, 0.3) is 0 Å². The molecule has 0 bridgehead atoms. The van der Waals surface area contributed by atoms with Gasteiger partial charge in [-0.1, -0.05) is 38.0 Å². The Kier molecular flexibility index (Phi) is 8.69. The van der Waals surface area contributed by atoms with E-state index in [1.54, 1.807) is 0 Å². The van der Waals surface area contributed by atoms with Crippen molar-refractivity contribution >= 4 is 11.9 Å². The third-order valence-corrected chi connectivity index (χ3v) is 5.40. The Bertz CT molecular complexity index is 693. The van der Waals surface area contributed by atoms with Crippen molar-refractivity contribution in [3.8, 4) is 0 Å². The zero-order valence-electron chi connectivity index (χ0n) is 18.4. The molecule has 1 aromatic carbocycles. The molecule has 0 saturated heterocycles. The smallest absolute Gasteiger partial charge is 0.329 e. The minimum Gasteiger partial charge on any atom is -0.458 e. The molecule has 0 heterocycles. The molecule has 2 atom stereocenters. The highest BCUT2D eigenvalue weighted by Crippen LogP contribution is 2.26. The number of aryl methyl sites for hydroxylation is 1. The highest BCUT2D eigenvalue weighted by Gasteiger charge is 2.29. The number of benzene rings is 1. The number of rotatable bonds is 9. The average molecular weight is 404 g/mol. The lowest BCUT2D eigenvalue weighted by Crippen LogP contribution is -2.47. The van der Waals surface area contributed by atoms with Gasteiger partial charge in [-0.15, -0.1) is 0 Å². The fourth-order valence-corrected chi connectivity index (χ4v) is 3.88. The van der Waals surface area contributed by atoms with Crippen molar-refractivity contribution in [1.82, 2.24) is 5.32 Å². The Balaban J connectivity index is 2.09. The second-order valence-electron chi connectivity index (χ2n) is 9.08. The molecule has 0 spiro atoms. The maximum atomic E-state index is 12.9. The van der Waals surface area contributed by atoms with Gasteiger partial charge in [-0.05, 0) is 76.0 Å². The third-order valence-electron chi connectivity index (χ3n) is 5.40. The Morgan fingerprint density at radius 1 is 1.21 bits per heavy atom. The van der Waals surface area contributed by atoms with Crippen LogP contribution in [0.4, 0.5) is 0 Å². The molecule has 1 aliphatic carbocycles. The fourth-order valence-electron chi connectivity index (χ4n) is 3.88. The molecule has 162 valence electrons. The zero-order chi connectivity index (χ0) is 21.4. The summed E-state index contributed by atoms with van der Waals surface area (Å²) in [5.74, 6) is -1.27. The van der Waals surface area contributed by atoms with E-state index < -0.39 is 23.5 Å². The molecule has 5 heteroatoms. The van der Waals surface area contributed by atoms with Crippen LogP contribution in [0.1, 0.15) is 76.5 Å². The number of unbranched alkanes of at least 4 members (excludes halogenated alkanes) is 1. The first-order chi connectivity index (χ1) is 13.7. The summed E-state index contributed by atoms with van der Waals surface area (Å²) >= 11 is 0. The summed E-state index contributed by atoms with van der Waals surface area (Å²) in [6.45, 7) is 7.25. The van der Waals surface area contributed by atoms with Crippen LogP contribution in [0.15, 0.2) is 18.2 Å². The van der Waals surface area contributed by atoms with Gasteiger partial charge in [-0.2, -0.15) is 0 Å². The van der Waals surface area contributed by atoms with Gasteiger partial charge in [0.2, 0.25) is 5.91 Å². The first-order valence-electron chi connectivity index (χ1n) is 11.0. The Labute approximate surface area is 175 Å². The summed E-state index contributed by atoms with van der Waals surface area (Å²) in [5, 5.41) is 12.8. The molecule has 0 unspecified atom stereocenters. The topological polar surface area (TPSA) is 75.6 Å². The molecule has 2 rings (SSSR count). The van der Waals surface area contributed by atoms with Crippen molar-refractivity contribution < 1.29 is 19.4 Å². The number of esters is 1. The van der Waals surface area contributed by atoms with Crippen molar-refractivity contribution in [2.45, 2.75) is 90.7 Å². The predicted molar refractivity (Wildman–Crippen MR) is 115 cm³/mol. The number of fused-ring (bicyclic) bond motifs is 1. The van der Waals surface area contributed by atoms with Crippen LogP contribution in [0.25, 0.3) is 0 Å². The highest BCUT2D eigenvalue weighted by molar-refractivity contribution is 5.86. The van der Waals surface area contributed by atoms with E-state index in [9.17, 15) is 14.7 Å². The Morgan fingerprint density at radius 2 is 1.93 bits per heavy atom. The normalized spacial score (nSPS) is 15.9. The summed E-state index contributed by atoms with van der Waals surface area (Å²) in [4.78, 5) is 25.5. The van der Waals surface area contributed by atoms with Crippen LogP contribution in [0.2, 0.25) is 0 Å². The summed E-state index contributed by atoms with van der Waals surface area (Å²) in [7, 11) is 0. The predicted octanol–water partition coefficient (Wildman–Crippen LogP) is 3.73. The highest BCUT2D eigenvalue weighted by atomic mass is 16.6. The van der Waals surface area contributed by atoms with Crippen LogP contribution in [-0.2, 0) is 33.6 Å². The fraction of sp³-hybridized carbons (Fsp3) is 0.667. The van der Waals surface area contributed by atoms with Gasteiger partial charge >= 0.3 is 5.97 Å². The molecule has 0 aromatic heterocycles. The SMILES string of the molecule is CCCC[C@H](NC(=O)[C@@H](CO)Cc1cccc2c1CCCC2)C(=O)OC(C)(C)C. The van der Waals surface area contributed by atoms with E-state index in [1.807, 2.05) is 33.8 Å². The van der Waals surface area contributed by atoms with Gasteiger partial charge in [0.05, 0.1) is 12.5 Å². The van der Waals surface area contributed by atoms with Gasteiger partial charge in [-0.3, -0.25) is 4.79 Å². The van der Waals surface area contributed by atoms with E-state index in [0.29, 0.717) is 12.8 Å². The van der Waals surface area contributed by atoms with Gasteiger partial charge in [0.1, 0.15) is 11.6 Å². The molecule has 0 saturated carbocycles. The van der Waals surface area contributed by atoms with Crippen molar-refractivity contribution in [1.29, 1.82) is 0 Å². The zero-order valence-corrected chi connectivity index (χ0v) is 18.4. The lowest BCUT2D eigenvalue weighted by atomic mass is 9.85. The van der Waals surface area contributed by atoms with Gasteiger partial charge < -0.3 is 15.2 Å². The number of carbonyl (C=O) groups excluding carboxylic acids is 2. The maximum Gasteiger partial charge on any atom is 0.329 e. The average Bonchev–Trinajstić information content (AvgIpc) is 2.67. The van der Waals surface area contributed by atoms with Crippen molar-refractivity contribution in [3.63, 3.8) is 0 Å². The minimum atomic E-state index is -0.680. The van der Waals surface area contributed by atoms with E-state index in [4.69, 9.17) is 4.74 Å². The van der Waals surface area contributed by atoms with Gasteiger partial charge in [0.15, 0.2) is 0 Å². The minimum absolute atomic E-state index is 0.246. The van der Waals surface area contributed by atoms with Crippen molar-refractivity contribution in [2.24, 2.45) is 5.92 Å². The monoisotopic (exact) mass is 403 g/mol. The summed E-state index contributed by atoms with van der Waals surface area (Å²) in [6.07, 6.45) is 7.25. The van der Waals surface area contributed by atoms with Crippen LogP contribution in [-0.4, -0.2) is 35.2 Å². The molecule has 1 aromatic rings. The van der Waals surface area contributed by atoms with Crippen LogP contribution in [0.5, 0.6) is 0 Å². The van der Waals surface area contributed by atoms with E-state index in [-0.39, 0.29) is 12.5 Å². The Morgan fingerprint density at radius 3 is 2.59 bits per heavy atom. The summed E-state index contributed by atoms with van der Waals surface area (Å²) in [5.41, 5.74) is 3.23. The number of hydrogen-bond donors (Lipinski definition) is 2. The number of ether oxygens (including phenoxy) is 1. The third kappa shape index (κ3) is 7.14. The number of aliphatic hydroxyl groups is 1. The van der Waals surface area contributed by atoms with Crippen LogP contribution >= 0.6 is 0 Å². The molecule has 0 aliphatic heterocycles. The van der Waals surface area contributed by atoms with Crippen LogP contribution in [0.3, 0.4) is 0 Å². The molecule has 5 nitrogen and oxygen atoms in total. The molecule has 1 aliphatic rings. The Hall–Kier alpha value is -1.88. The number of carbonyl (C=O) groups is 2. The molecule has 2 N–H and O–H groups in total. The first-order valence-corrected chi connectivity index (χ1v) is 11.0. The molecule has 0 radical (unpaired) electrons. The van der Waals surface area contributed by atoms with Crippen molar-refractivity contribution in [3.05, 3.63) is 34.9 Å². The number of hydrogen-bond acceptors (Lipinski definition) is 4. The summed E-state index contributed by atoms with van der Waals surface area (Å²) < 4.78 is 5.49. The van der Waals surface area contributed by atoms with E-state index in [0.717, 1.165) is 37.7 Å². The van der Waals surface area contributed by atoms with Gasteiger partial charge in [0, 0.05) is 0 Å². The van der Waals surface area contributed by atoms with E-state index in [1.165, 1.54) is 17.5 Å². The molecular formula is C24H37NO4. The molecule has 29 heavy (non-hydrogen) atoms. The molecule has 0 fully saturated rings. The maximum absolute atomic E-state index is 12.9. The van der Waals surface area contributed by atoms with E-state index >= 15 is 0 Å². The largest absolute Gasteiger partial charge is 0.458 e. The standard InChI is InChI=1S/C24H37NO4/c1-5-6-14-21(23(28)29-24(2,3)4)25-22(27)19(16-26)15-18-12-9-11-17-10-7-8-13-20(17)18/h9,11-12,19,21,26H,5-8,10,13-16H2,1-4H3,(H,25,27)/t19-,21+/m1/s1. The quantitative estimate of drug-likeness (QED) is 0.616. The van der Waals surface area contributed by atoms with E-state index in [2.05, 4.69) is 17.4 Å². The van der Waals surface area contributed by atoms with Crippen molar-refractivity contribution in [2.75, 3.05) is 6.61 Å². The summed E-state index contributed by atoms with van der Waals surface area (Å²) in [6, 6.07) is 5.58. The van der Waals surface area contributed by atoms with Crippen LogP contribution in [0, 0.1) is 5.92 Å². The second kappa shape index (κ2) is 10.8. The van der Waals surface area contributed by atoms with Crippen LogP contribution < -0.4 is 5.32 Å². The first kappa shape index (κ1) is 23.4. The number of nitrogens with one attached hydrogen (secondary N) is 1.